The van der Waals surface area contributed by atoms with Crippen molar-refractivity contribution in [2.45, 2.75) is 82.6 Å². The fourth-order valence-corrected chi connectivity index (χ4v) is 3.13. The summed E-state index contributed by atoms with van der Waals surface area (Å²) in [6, 6.07) is 1.27. The number of aliphatic hydroxyl groups is 1. The lowest BCUT2D eigenvalue weighted by atomic mass is 9.91. The van der Waals surface area contributed by atoms with Gasteiger partial charge in [-0.15, -0.1) is 0 Å². The number of hydrogen-bond acceptors (Lipinski definition) is 3. The zero-order valence-corrected chi connectivity index (χ0v) is 11.0. The van der Waals surface area contributed by atoms with Gasteiger partial charge in [-0.3, -0.25) is 0 Å². The Balaban J connectivity index is 1.71. The van der Waals surface area contributed by atoms with Gasteiger partial charge < -0.3 is 15.2 Å². The summed E-state index contributed by atoms with van der Waals surface area (Å²) in [5.41, 5.74) is 0. The van der Waals surface area contributed by atoms with Crippen molar-refractivity contribution < 1.29 is 9.84 Å². The Hall–Kier alpha value is -0.120. The molecule has 1 aliphatic carbocycles. The average Bonchev–Trinajstić information content (AvgIpc) is 2.33. The van der Waals surface area contributed by atoms with Gasteiger partial charge in [-0.05, 0) is 44.9 Å². The monoisotopic (exact) mass is 241 g/mol. The zero-order chi connectivity index (χ0) is 12.1. The first kappa shape index (κ1) is 13.3. The number of rotatable bonds is 4. The fourth-order valence-electron chi connectivity index (χ4n) is 3.13. The second kappa shape index (κ2) is 6.72. The van der Waals surface area contributed by atoms with Crippen LogP contribution in [0.2, 0.25) is 0 Å². The molecule has 0 aromatic carbocycles. The minimum absolute atomic E-state index is 0.0458. The normalized spacial score (nSPS) is 39.2. The number of ether oxygens (including phenoxy) is 1. The SMILES string of the molecule is CCCC1CC(NC2CCC(O)CC2)CCO1. The Bertz CT molecular complexity index is 212. The van der Waals surface area contributed by atoms with Crippen molar-refractivity contribution in [3.8, 4) is 0 Å². The first-order valence-electron chi connectivity index (χ1n) is 7.33. The number of nitrogens with one attached hydrogen (secondary N) is 1. The molecule has 2 rings (SSSR count). The Morgan fingerprint density at radius 2 is 1.88 bits per heavy atom. The summed E-state index contributed by atoms with van der Waals surface area (Å²) in [5.74, 6) is 0. The molecule has 3 nitrogen and oxygen atoms in total. The van der Waals surface area contributed by atoms with Crippen LogP contribution in [0.1, 0.15) is 58.3 Å². The van der Waals surface area contributed by atoms with Crippen molar-refractivity contribution in [2.24, 2.45) is 0 Å². The van der Waals surface area contributed by atoms with Gasteiger partial charge in [0, 0.05) is 18.7 Å². The average molecular weight is 241 g/mol. The highest BCUT2D eigenvalue weighted by Crippen LogP contribution is 2.22. The van der Waals surface area contributed by atoms with Crippen LogP contribution in [-0.4, -0.2) is 36.0 Å². The van der Waals surface area contributed by atoms with Crippen molar-refractivity contribution in [3.05, 3.63) is 0 Å². The van der Waals surface area contributed by atoms with Crippen LogP contribution in [0.5, 0.6) is 0 Å². The maximum absolute atomic E-state index is 9.50. The van der Waals surface area contributed by atoms with Gasteiger partial charge in [0.15, 0.2) is 0 Å². The minimum atomic E-state index is -0.0458. The Morgan fingerprint density at radius 3 is 2.59 bits per heavy atom. The highest BCUT2D eigenvalue weighted by atomic mass is 16.5. The predicted molar refractivity (Wildman–Crippen MR) is 69.1 cm³/mol. The molecule has 0 bridgehead atoms. The van der Waals surface area contributed by atoms with Crippen LogP contribution in [0.4, 0.5) is 0 Å². The van der Waals surface area contributed by atoms with Gasteiger partial charge in [-0.2, -0.15) is 0 Å². The molecule has 3 heteroatoms. The molecular weight excluding hydrogens is 214 g/mol. The number of aliphatic hydroxyl groups excluding tert-OH is 1. The standard InChI is InChI=1S/C14H27NO2/c1-2-3-14-10-12(8-9-17-14)15-11-4-6-13(16)7-5-11/h11-16H,2-10H2,1H3. The first-order valence-corrected chi connectivity index (χ1v) is 7.33. The molecule has 100 valence electrons. The van der Waals surface area contributed by atoms with Crippen molar-refractivity contribution in [2.75, 3.05) is 6.61 Å². The molecule has 0 aromatic heterocycles. The third-order valence-corrected chi connectivity index (χ3v) is 4.15. The van der Waals surface area contributed by atoms with E-state index in [1.54, 1.807) is 0 Å². The van der Waals surface area contributed by atoms with E-state index < -0.39 is 0 Å². The fraction of sp³-hybridized carbons (Fsp3) is 1.00. The summed E-state index contributed by atoms with van der Waals surface area (Å²) in [6.07, 6.45) is 9.38. The molecule has 2 unspecified atom stereocenters. The molecule has 2 N–H and O–H groups in total. The lowest BCUT2D eigenvalue weighted by Gasteiger charge is -2.35. The lowest BCUT2D eigenvalue weighted by Crippen LogP contribution is -2.45. The quantitative estimate of drug-likeness (QED) is 0.793. The maximum Gasteiger partial charge on any atom is 0.0589 e. The Labute approximate surface area is 105 Å². The third-order valence-electron chi connectivity index (χ3n) is 4.15. The molecule has 2 atom stereocenters. The first-order chi connectivity index (χ1) is 8.28. The second-order valence-corrected chi connectivity index (χ2v) is 5.67. The van der Waals surface area contributed by atoms with E-state index in [4.69, 9.17) is 4.74 Å². The van der Waals surface area contributed by atoms with E-state index in [1.165, 1.54) is 19.3 Å². The molecule has 1 heterocycles. The highest BCUT2D eigenvalue weighted by molar-refractivity contribution is 4.83. The topological polar surface area (TPSA) is 41.5 Å². The summed E-state index contributed by atoms with van der Waals surface area (Å²) in [5, 5.41) is 13.3. The Morgan fingerprint density at radius 1 is 1.12 bits per heavy atom. The van der Waals surface area contributed by atoms with E-state index in [0.29, 0.717) is 18.2 Å². The van der Waals surface area contributed by atoms with Crippen molar-refractivity contribution >= 4 is 0 Å². The smallest absolute Gasteiger partial charge is 0.0589 e. The Kier molecular flexibility index (Phi) is 5.26. The van der Waals surface area contributed by atoms with Crippen LogP contribution < -0.4 is 5.32 Å². The second-order valence-electron chi connectivity index (χ2n) is 5.67. The van der Waals surface area contributed by atoms with Crippen LogP contribution in [0.3, 0.4) is 0 Å². The van der Waals surface area contributed by atoms with Crippen LogP contribution in [0.15, 0.2) is 0 Å². The molecule has 1 saturated heterocycles. The lowest BCUT2D eigenvalue weighted by molar-refractivity contribution is -0.00698. The van der Waals surface area contributed by atoms with Crippen molar-refractivity contribution in [1.82, 2.24) is 5.32 Å². The van der Waals surface area contributed by atoms with Gasteiger partial charge in [0.1, 0.15) is 0 Å². The molecule has 1 saturated carbocycles. The van der Waals surface area contributed by atoms with E-state index in [0.717, 1.165) is 38.7 Å². The minimum Gasteiger partial charge on any atom is -0.393 e. The van der Waals surface area contributed by atoms with E-state index in [1.807, 2.05) is 0 Å². The summed E-state index contributed by atoms with van der Waals surface area (Å²) in [7, 11) is 0. The largest absolute Gasteiger partial charge is 0.393 e. The molecule has 0 aromatic rings. The van der Waals surface area contributed by atoms with Crippen LogP contribution >= 0.6 is 0 Å². The van der Waals surface area contributed by atoms with Crippen LogP contribution in [-0.2, 0) is 4.74 Å². The molecule has 2 aliphatic rings. The van der Waals surface area contributed by atoms with Gasteiger partial charge in [0.05, 0.1) is 12.2 Å². The van der Waals surface area contributed by atoms with E-state index in [-0.39, 0.29) is 6.10 Å². The molecule has 2 fully saturated rings. The predicted octanol–water partition coefficient (Wildman–Crippen LogP) is 2.23. The third kappa shape index (κ3) is 4.23. The van der Waals surface area contributed by atoms with Gasteiger partial charge in [-0.1, -0.05) is 13.3 Å². The van der Waals surface area contributed by atoms with Crippen molar-refractivity contribution in [3.63, 3.8) is 0 Å². The van der Waals surface area contributed by atoms with E-state index >= 15 is 0 Å². The van der Waals surface area contributed by atoms with E-state index in [9.17, 15) is 5.11 Å². The van der Waals surface area contributed by atoms with Gasteiger partial charge in [0.25, 0.3) is 0 Å². The van der Waals surface area contributed by atoms with Crippen molar-refractivity contribution in [1.29, 1.82) is 0 Å². The van der Waals surface area contributed by atoms with Crippen LogP contribution in [0, 0.1) is 0 Å². The van der Waals surface area contributed by atoms with E-state index in [2.05, 4.69) is 12.2 Å². The molecular formula is C14H27NO2. The highest BCUT2D eigenvalue weighted by Gasteiger charge is 2.26. The summed E-state index contributed by atoms with van der Waals surface area (Å²) in [4.78, 5) is 0. The summed E-state index contributed by atoms with van der Waals surface area (Å²) >= 11 is 0. The molecule has 0 spiro atoms. The molecule has 17 heavy (non-hydrogen) atoms. The molecule has 0 amide bonds. The maximum atomic E-state index is 9.50. The van der Waals surface area contributed by atoms with Gasteiger partial charge in [-0.25, -0.2) is 0 Å². The summed E-state index contributed by atoms with van der Waals surface area (Å²) < 4.78 is 5.77. The molecule has 0 radical (unpaired) electrons. The van der Waals surface area contributed by atoms with Crippen LogP contribution in [0.25, 0.3) is 0 Å². The number of hydrogen-bond donors (Lipinski definition) is 2. The zero-order valence-electron chi connectivity index (χ0n) is 11.0. The van der Waals surface area contributed by atoms with Gasteiger partial charge >= 0.3 is 0 Å². The van der Waals surface area contributed by atoms with Gasteiger partial charge in [0.2, 0.25) is 0 Å². The molecule has 1 aliphatic heterocycles. The summed E-state index contributed by atoms with van der Waals surface area (Å²) in [6.45, 7) is 3.14.